The van der Waals surface area contributed by atoms with Gasteiger partial charge in [-0.1, -0.05) is 37.3 Å². The van der Waals surface area contributed by atoms with E-state index in [4.69, 9.17) is 0 Å². The van der Waals surface area contributed by atoms with E-state index in [2.05, 4.69) is 35.4 Å². The van der Waals surface area contributed by atoms with Gasteiger partial charge in [0.05, 0.1) is 10.7 Å². The predicted octanol–water partition coefficient (Wildman–Crippen LogP) is 4.04. The number of aromatic nitrogens is 1. The van der Waals surface area contributed by atoms with Gasteiger partial charge < -0.3 is 5.32 Å². The summed E-state index contributed by atoms with van der Waals surface area (Å²) in [7, 11) is 0. The van der Waals surface area contributed by atoms with Crippen LogP contribution in [0, 0.1) is 6.92 Å². The number of nitrogens with zero attached hydrogens (tertiary/aromatic N) is 1. The zero-order valence-electron chi connectivity index (χ0n) is 13.4. The smallest absolute Gasteiger partial charge is 0.247 e. The molecule has 1 aromatic carbocycles. The molecule has 1 amide bonds. The highest BCUT2D eigenvalue weighted by atomic mass is 32.1. The highest BCUT2D eigenvalue weighted by Crippen LogP contribution is 2.27. The van der Waals surface area contributed by atoms with Crippen molar-refractivity contribution >= 4 is 22.8 Å². The largest absolute Gasteiger partial charge is 0.348 e. The van der Waals surface area contributed by atoms with Gasteiger partial charge in [-0.25, -0.2) is 4.98 Å². The van der Waals surface area contributed by atoms with Crippen molar-refractivity contribution in [3.05, 3.63) is 69.2 Å². The van der Waals surface area contributed by atoms with Crippen molar-refractivity contribution in [2.24, 2.45) is 0 Å². The summed E-state index contributed by atoms with van der Waals surface area (Å²) in [6.45, 7) is 4.69. The van der Waals surface area contributed by atoms with E-state index < -0.39 is 0 Å². The Balaban J connectivity index is 1.61. The van der Waals surface area contributed by atoms with Gasteiger partial charge in [0.1, 0.15) is 0 Å². The van der Waals surface area contributed by atoms with Crippen molar-refractivity contribution in [3.8, 4) is 0 Å². The van der Waals surface area contributed by atoms with Crippen molar-refractivity contribution in [2.75, 3.05) is 0 Å². The summed E-state index contributed by atoms with van der Waals surface area (Å²) in [6, 6.07) is 8.34. The van der Waals surface area contributed by atoms with Crippen LogP contribution in [0.3, 0.4) is 0 Å². The number of allylic oxidation sites excluding steroid dienone is 3. The van der Waals surface area contributed by atoms with Crippen LogP contribution in [0.2, 0.25) is 0 Å². The lowest BCUT2D eigenvalue weighted by Crippen LogP contribution is -2.23. The van der Waals surface area contributed by atoms with Crippen LogP contribution in [0.5, 0.6) is 0 Å². The number of carbonyl (C=O) groups excluding carboxylic acids is 1. The summed E-state index contributed by atoms with van der Waals surface area (Å²) in [4.78, 5) is 16.8. The summed E-state index contributed by atoms with van der Waals surface area (Å²) >= 11 is 1.63. The molecule has 0 aliphatic heterocycles. The van der Waals surface area contributed by atoms with Crippen LogP contribution < -0.4 is 5.32 Å². The van der Waals surface area contributed by atoms with Crippen molar-refractivity contribution in [3.63, 3.8) is 0 Å². The first kappa shape index (κ1) is 15.7. The second-order valence-corrected chi connectivity index (χ2v) is 6.70. The van der Waals surface area contributed by atoms with Gasteiger partial charge >= 0.3 is 0 Å². The molecule has 3 nitrogen and oxygen atoms in total. The molecule has 0 unspecified atom stereocenters. The molecule has 0 atom stereocenters. The van der Waals surface area contributed by atoms with E-state index in [1.165, 1.54) is 5.56 Å². The first-order valence-corrected chi connectivity index (χ1v) is 8.73. The third kappa shape index (κ3) is 3.77. The Morgan fingerprint density at radius 2 is 2.17 bits per heavy atom. The quantitative estimate of drug-likeness (QED) is 0.902. The predicted molar refractivity (Wildman–Crippen MR) is 95.2 cm³/mol. The average molecular weight is 324 g/mol. The van der Waals surface area contributed by atoms with Gasteiger partial charge in [-0.05, 0) is 42.5 Å². The molecule has 2 aromatic rings. The number of rotatable bonds is 5. The molecule has 1 N–H and O–H groups in total. The normalized spacial score (nSPS) is 13.7. The molecule has 0 saturated heterocycles. The molecule has 118 valence electrons. The molecule has 0 fully saturated rings. The maximum Gasteiger partial charge on any atom is 0.247 e. The zero-order valence-corrected chi connectivity index (χ0v) is 14.2. The first-order chi connectivity index (χ1) is 11.2. The molecule has 0 radical (unpaired) electrons. The molecular weight excluding hydrogens is 304 g/mol. The number of aryl methyl sites for hydroxylation is 2. The van der Waals surface area contributed by atoms with E-state index >= 15 is 0 Å². The summed E-state index contributed by atoms with van der Waals surface area (Å²) in [5.41, 5.74) is 5.25. The third-order valence-electron chi connectivity index (χ3n) is 3.93. The topological polar surface area (TPSA) is 42.0 Å². The van der Waals surface area contributed by atoms with Gasteiger partial charge in [-0.2, -0.15) is 0 Å². The fourth-order valence-corrected chi connectivity index (χ4v) is 3.24. The van der Waals surface area contributed by atoms with E-state index in [0.29, 0.717) is 13.0 Å². The van der Waals surface area contributed by atoms with Crippen LogP contribution in [-0.4, -0.2) is 10.9 Å². The van der Waals surface area contributed by atoms with Crippen LogP contribution in [-0.2, 0) is 17.8 Å². The summed E-state index contributed by atoms with van der Waals surface area (Å²) in [5.74, 6) is 0.00473. The van der Waals surface area contributed by atoms with Crippen LogP contribution in [0.1, 0.15) is 35.2 Å². The van der Waals surface area contributed by atoms with Crippen molar-refractivity contribution in [2.45, 2.75) is 33.2 Å². The molecule has 0 saturated carbocycles. The molecule has 1 aliphatic carbocycles. The lowest BCUT2D eigenvalue weighted by atomic mass is 10.1. The zero-order chi connectivity index (χ0) is 16.2. The SMILES string of the molecule is CCc1cccc(CNC(=O)C2=CC(c3csc(C)n3)=CC2)c1. The molecule has 0 spiro atoms. The fraction of sp³-hybridized carbons (Fsp3) is 0.263. The van der Waals surface area contributed by atoms with Crippen molar-refractivity contribution < 1.29 is 4.79 Å². The molecule has 1 aliphatic rings. The summed E-state index contributed by atoms with van der Waals surface area (Å²) in [6.07, 6.45) is 5.70. The van der Waals surface area contributed by atoms with Crippen LogP contribution in [0.15, 0.2) is 47.4 Å². The van der Waals surface area contributed by atoms with E-state index in [-0.39, 0.29) is 5.91 Å². The number of hydrogen-bond donors (Lipinski definition) is 1. The van der Waals surface area contributed by atoms with Crippen LogP contribution in [0.25, 0.3) is 5.57 Å². The van der Waals surface area contributed by atoms with E-state index in [9.17, 15) is 4.79 Å². The van der Waals surface area contributed by atoms with Gasteiger partial charge in [0.15, 0.2) is 0 Å². The lowest BCUT2D eigenvalue weighted by Gasteiger charge is -2.07. The van der Waals surface area contributed by atoms with E-state index in [1.54, 1.807) is 11.3 Å². The number of carbonyl (C=O) groups is 1. The Labute approximate surface area is 140 Å². The number of amides is 1. The Hall–Kier alpha value is -2.20. The van der Waals surface area contributed by atoms with Gasteiger partial charge in [0.25, 0.3) is 0 Å². The van der Waals surface area contributed by atoms with Gasteiger partial charge in [0.2, 0.25) is 5.91 Å². The first-order valence-electron chi connectivity index (χ1n) is 7.85. The average Bonchev–Trinajstić information content (AvgIpc) is 3.21. The number of nitrogens with one attached hydrogen (secondary N) is 1. The number of thiazole rings is 1. The fourth-order valence-electron chi connectivity index (χ4n) is 2.61. The minimum atomic E-state index is 0.00473. The third-order valence-corrected chi connectivity index (χ3v) is 4.70. The molecule has 1 heterocycles. The van der Waals surface area contributed by atoms with Crippen molar-refractivity contribution in [1.82, 2.24) is 10.3 Å². The van der Waals surface area contributed by atoms with Gasteiger partial charge in [0, 0.05) is 17.5 Å². The Bertz CT molecular complexity index is 786. The minimum Gasteiger partial charge on any atom is -0.348 e. The number of benzene rings is 1. The van der Waals surface area contributed by atoms with Gasteiger partial charge in [-0.3, -0.25) is 4.79 Å². The Morgan fingerprint density at radius 1 is 1.35 bits per heavy atom. The molecule has 3 rings (SSSR count). The Morgan fingerprint density at radius 3 is 2.91 bits per heavy atom. The molecular formula is C19H20N2OS. The summed E-state index contributed by atoms with van der Waals surface area (Å²) < 4.78 is 0. The van der Waals surface area contributed by atoms with Crippen LogP contribution >= 0.6 is 11.3 Å². The standard InChI is InChI=1S/C19H20N2OS/c1-3-14-5-4-6-15(9-14)11-20-19(22)17-8-7-16(10-17)18-12-23-13(2)21-18/h4-7,9-10,12H,3,8,11H2,1-2H3,(H,20,22). The molecule has 4 heteroatoms. The van der Waals surface area contributed by atoms with Gasteiger partial charge in [-0.15, -0.1) is 11.3 Å². The van der Waals surface area contributed by atoms with E-state index in [1.807, 2.05) is 30.5 Å². The second-order valence-electron chi connectivity index (χ2n) is 5.64. The Kier molecular flexibility index (Phi) is 4.72. The molecule has 1 aromatic heterocycles. The second kappa shape index (κ2) is 6.92. The van der Waals surface area contributed by atoms with E-state index in [0.717, 1.165) is 33.8 Å². The highest BCUT2D eigenvalue weighted by molar-refractivity contribution is 7.09. The van der Waals surface area contributed by atoms with Crippen LogP contribution in [0.4, 0.5) is 0 Å². The molecule has 23 heavy (non-hydrogen) atoms. The maximum atomic E-state index is 12.3. The van der Waals surface area contributed by atoms with Crippen molar-refractivity contribution in [1.29, 1.82) is 0 Å². The molecule has 0 bridgehead atoms. The lowest BCUT2D eigenvalue weighted by molar-refractivity contribution is -0.117. The monoisotopic (exact) mass is 324 g/mol. The summed E-state index contributed by atoms with van der Waals surface area (Å²) in [5, 5.41) is 6.09. The maximum absolute atomic E-state index is 12.3. The highest BCUT2D eigenvalue weighted by Gasteiger charge is 2.16. The number of hydrogen-bond acceptors (Lipinski definition) is 3. The minimum absolute atomic E-state index is 0.00473.